The summed E-state index contributed by atoms with van der Waals surface area (Å²) in [6.07, 6.45) is 0.118. The van der Waals surface area contributed by atoms with Gasteiger partial charge in [-0.3, -0.25) is 9.69 Å². The second-order valence-electron chi connectivity index (χ2n) is 8.53. The number of rotatable bonds is 6. The molecule has 3 aromatic rings. The van der Waals surface area contributed by atoms with E-state index in [1.165, 1.54) is 0 Å². The molecule has 2 heterocycles. The minimum Gasteiger partial charge on any atom is -0.493 e. The Morgan fingerprint density at radius 3 is 2.63 bits per heavy atom. The fraction of sp³-hybridized carbons (Fsp3) is 0.214. The zero-order chi connectivity index (χ0) is 24.5. The molecule has 0 saturated carbocycles. The fourth-order valence-electron chi connectivity index (χ4n) is 4.60. The van der Waals surface area contributed by atoms with Crippen molar-refractivity contribution in [1.82, 2.24) is 0 Å². The third-order valence-electron chi connectivity index (χ3n) is 6.42. The first-order chi connectivity index (χ1) is 17.0. The van der Waals surface area contributed by atoms with Gasteiger partial charge in [-0.05, 0) is 53.9 Å². The second kappa shape index (κ2) is 9.47. The number of halogens is 1. The molecule has 0 fully saturated rings. The summed E-state index contributed by atoms with van der Waals surface area (Å²) in [5, 5.41) is 0.510. The number of cyclic esters (lactones) is 1. The van der Waals surface area contributed by atoms with Crippen LogP contribution >= 0.6 is 11.6 Å². The van der Waals surface area contributed by atoms with Gasteiger partial charge < -0.3 is 14.2 Å². The molecule has 7 heteroatoms. The Morgan fingerprint density at radius 2 is 1.86 bits per heavy atom. The van der Waals surface area contributed by atoms with Crippen LogP contribution in [0.5, 0.6) is 11.5 Å². The Labute approximate surface area is 208 Å². The summed E-state index contributed by atoms with van der Waals surface area (Å²) in [5.74, 6) is 0.138. The van der Waals surface area contributed by atoms with Gasteiger partial charge in [0, 0.05) is 17.4 Å². The molecule has 1 amide bonds. The molecule has 0 radical (unpaired) electrons. The number of methoxy groups -OCH3 is 1. The number of benzene rings is 3. The highest BCUT2D eigenvalue weighted by Crippen LogP contribution is 2.44. The standard InChI is InChI=1S/C28H24ClNO5/c1-17-6-3-4-7-19(17)15-34-24-11-10-18(12-25(24)33-2)22-14-26(31)30(21-9-5-8-20(29)13-21)23-16-35-28(32)27(22)23/h3-13,22H,14-16H2,1-2H3. The molecule has 0 saturated heterocycles. The first-order valence-corrected chi connectivity index (χ1v) is 11.7. The van der Waals surface area contributed by atoms with Gasteiger partial charge in [0.25, 0.3) is 0 Å². The van der Waals surface area contributed by atoms with Crippen molar-refractivity contribution in [2.45, 2.75) is 25.9 Å². The molecular weight excluding hydrogens is 466 g/mol. The Hall–Kier alpha value is -3.77. The monoisotopic (exact) mass is 489 g/mol. The van der Waals surface area contributed by atoms with Crippen LogP contribution in [0, 0.1) is 6.92 Å². The molecule has 6 nitrogen and oxygen atoms in total. The van der Waals surface area contributed by atoms with E-state index >= 15 is 0 Å². The Morgan fingerprint density at radius 1 is 1.03 bits per heavy atom. The largest absolute Gasteiger partial charge is 0.493 e. The van der Waals surface area contributed by atoms with Gasteiger partial charge in [0.1, 0.15) is 13.2 Å². The van der Waals surface area contributed by atoms with E-state index < -0.39 is 11.9 Å². The second-order valence-corrected chi connectivity index (χ2v) is 8.96. The van der Waals surface area contributed by atoms with Crippen molar-refractivity contribution < 1.29 is 23.8 Å². The lowest BCUT2D eigenvalue weighted by atomic mass is 9.84. The van der Waals surface area contributed by atoms with Gasteiger partial charge in [-0.15, -0.1) is 0 Å². The van der Waals surface area contributed by atoms with E-state index in [1.54, 1.807) is 36.3 Å². The molecule has 0 bridgehead atoms. The number of anilines is 1. The van der Waals surface area contributed by atoms with Crippen LogP contribution in [0.15, 0.2) is 78.0 Å². The minimum absolute atomic E-state index is 0.0394. The van der Waals surface area contributed by atoms with E-state index in [0.29, 0.717) is 40.1 Å². The van der Waals surface area contributed by atoms with Gasteiger partial charge >= 0.3 is 5.97 Å². The van der Waals surface area contributed by atoms with Gasteiger partial charge in [-0.2, -0.15) is 0 Å². The molecule has 1 atom stereocenters. The van der Waals surface area contributed by atoms with E-state index in [4.69, 9.17) is 25.8 Å². The number of hydrogen-bond donors (Lipinski definition) is 0. The maximum absolute atomic E-state index is 13.3. The third kappa shape index (κ3) is 4.37. The van der Waals surface area contributed by atoms with Crippen molar-refractivity contribution in [3.05, 3.63) is 99.7 Å². The van der Waals surface area contributed by atoms with Crippen molar-refractivity contribution in [2.75, 3.05) is 18.6 Å². The van der Waals surface area contributed by atoms with Crippen LogP contribution in [0.3, 0.4) is 0 Å². The summed E-state index contributed by atoms with van der Waals surface area (Å²) in [4.78, 5) is 27.6. The highest BCUT2D eigenvalue weighted by atomic mass is 35.5. The highest BCUT2D eigenvalue weighted by molar-refractivity contribution is 6.31. The summed E-state index contributed by atoms with van der Waals surface area (Å²) in [6.45, 7) is 2.48. The fourth-order valence-corrected chi connectivity index (χ4v) is 4.79. The van der Waals surface area contributed by atoms with Crippen LogP contribution in [0.1, 0.15) is 29.0 Å². The summed E-state index contributed by atoms with van der Waals surface area (Å²) in [6, 6.07) is 20.6. The number of carbonyl (C=O) groups is 2. The SMILES string of the molecule is COc1cc(C2CC(=O)N(c3cccc(Cl)c3)C3=C2C(=O)OC3)ccc1OCc1ccccc1C. The molecule has 35 heavy (non-hydrogen) atoms. The Balaban J connectivity index is 1.47. The van der Waals surface area contributed by atoms with Crippen molar-refractivity contribution in [1.29, 1.82) is 0 Å². The normalized spacial score (nSPS) is 17.3. The van der Waals surface area contributed by atoms with E-state index in [0.717, 1.165) is 16.7 Å². The van der Waals surface area contributed by atoms with Crippen molar-refractivity contribution >= 4 is 29.2 Å². The van der Waals surface area contributed by atoms with E-state index in [2.05, 4.69) is 0 Å². The number of nitrogens with zero attached hydrogens (tertiary/aromatic N) is 1. The van der Waals surface area contributed by atoms with Crippen LogP contribution in [0.4, 0.5) is 5.69 Å². The van der Waals surface area contributed by atoms with Crippen molar-refractivity contribution in [3.8, 4) is 11.5 Å². The number of carbonyl (C=O) groups excluding carboxylic acids is 2. The molecule has 2 aliphatic rings. The molecule has 0 N–H and O–H groups in total. The maximum atomic E-state index is 13.3. The molecular formula is C28H24ClNO5. The lowest BCUT2D eigenvalue weighted by Gasteiger charge is -2.32. The Bertz CT molecular complexity index is 1350. The average molecular weight is 490 g/mol. The average Bonchev–Trinajstić information content (AvgIpc) is 3.24. The maximum Gasteiger partial charge on any atom is 0.336 e. The van der Waals surface area contributed by atoms with E-state index in [9.17, 15) is 9.59 Å². The van der Waals surface area contributed by atoms with Crippen LogP contribution in [-0.4, -0.2) is 25.6 Å². The van der Waals surface area contributed by atoms with Crippen molar-refractivity contribution in [3.63, 3.8) is 0 Å². The van der Waals surface area contributed by atoms with Crippen LogP contribution < -0.4 is 14.4 Å². The molecule has 178 valence electrons. The predicted octanol–water partition coefficient (Wildman–Crippen LogP) is 5.57. The topological polar surface area (TPSA) is 65.1 Å². The van der Waals surface area contributed by atoms with Gasteiger partial charge in [-0.1, -0.05) is 48.0 Å². The van der Waals surface area contributed by atoms with Crippen LogP contribution in [0.2, 0.25) is 5.02 Å². The summed E-state index contributed by atoms with van der Waals surface area (Å²) in [7, 11) is 1.57. The highest BCUT2D eigenvalue weighted by Gasteiger charge is 2.43. The summed E-state index contributed by atoms with van der Waals surface area (Å²) >= 11 is 6.15. The van der Waals surface area contributed by atoms with Crippen LogP contribution in [0.25, 0.3) is 0 Å². The predicted molar refractivity (Wildman–Crippen MR) is 133 cm³/mol. The first kappa shape index (κ1) is 23.0. The quantitative estimate of drug-likeness (QED) is 0.424. The summed E-state index contributed by atoms with van der Waals surface area (Å²) in [5.41, 5.74) is 4.67. The molecule has 0 aliphatic carbocycles. The van der Waals surface area contributed by atoms with E-state index in [1.807, 2.05) is 49.4 Å². The zero-order valence-electron chi connectivity index (χ0n) is 19.4. The number of hydrogen-bond acceptors (Lipinski definition) is 5. The zero-order valence-corrected chi connectivity index (χ0v) is 20.2. The number of esters is 1. The molecule has 1 unspecified atom stereocenters. The number of ether oxygens (including phenoxy) is 3. The molecule has 2 aliphatic heterocycles. The van der Waals surface area contributed by atoms with Gasteiger partial charge in [-0.25, -0.2) is 4.79 Å². The molecule has 0 aromatic heterocycles. The Kier molecular flexibility index (Phi) is 6.22. The molecule has 0 spiro atoms. The molecule has 3 aromatic carbocycles. The van der Waals surface area contributed by atoms with Gasteiger partial charge in [0.15, 0.2) is 11.5 Å². The van der Waals surface area contributed by atoms with Crippen molar-refractivity contribution in [2.24, 2.45) is 0 Å². The number of aryl methyl sites for hydroxylation is 1. The van der Waals surface area contributed by atoms with Gasteiger partial charge in [0.05, 0.1) is 24.1 Å². The number of amides is 1. The van der Waals surface area contributed by atoms with E-state index in [-0.39, 0.29) is 18.9 Å². The first-order valence-electron chi connectivity index (χ1n) is 11.3. The smallest absolute Gasteiger partial charge is 0.336 e. The van der Waals surface area contributed by atoms with Gasteiger partial charge in [0.2, 0.25) is 5.91 Å². The minimum atomic E-state index is -0.442. The third-order valence-corrected chi connectivity index (χ3v) is 6.65. The lowest BCUT2D eigenvalue weighted by Crippen LogP contribution is -2.37. The lowest BCUT2D eigenvalue weighted by molar-refractivity contribution is -0.136. The van der Waals surface area contributed by atoms with Crippen LogP contribution in [-0.2, 0) is 20.9 Å². The summed E-state index contributed by atoms with van der Waals surface area (Å²) < 4.78 is 17.0. The molecule has 5 rings (SSSR count).